The fourth-order valence-corrected chi connectivity index (χ4v) is 10.9. The Labute approximate surface area is 213 Å². The van der Waals surface area contributed by atoms with E-state index in [-0.39, 0.29) is 0 Å². The Balaban J connectivity index is 1.45. The number of fused-ring (bicyclic) bond motifs is 3. The first-order valence-electron chi connectivity index (χ1n) is 15.7. The number of hydrogen-bond donors (Lipinski definition) is 0. The third kappa shape index (κ3) is 4.38. The molecule has 0 radical (unpaired) electrons. The van der Waals surface area contributed by atoms with Gasteiger partial charge in [0.2, 0.25) is 0 Å². The predicted octanol–water partition coefficient (Wildman–Crippen LogP) is 10.3. The SMILES string of the molecule is C=CCCC1CCC(C2(C3C4CC(C(C)(C)C)CCC4C4CCC(C(C)(C)C)CC43)CCC2)C1. The summed E-state index contributed by atoms with van der Waals surface area (Å²) in [5.74, 6) is 9.27. The molecule has 0 nitrogen and oxygen atoms in total. The molecule has 0 heterocycles. The zero-order valence-electron chi connectivity index (χ0n) is 23.9. The third-order valence-electron chi connectivity index (χ3n) is 12.9. The van der Waals surface area contributed by atoms with Crippen LogP contribution >= 0.6 is 0 Å². The van der Waals surface area contributed by atoms with Crippen LogP contribution in [0.25, 0.3) is 0 Å². The minimum atomic E-state index is 0.493. The van der Waals surface area contributed by atoms with Crippen molar-refractivity contribution in [1.82, 2.24) is 0 Å². The second kappa shape index (κ2) is 9.24. The standard InChI is InChI=1S/C34H58/c1-8-9-11-23-12-13-26(20-23)34(18-10-19-34)31-29-21-24(32(2,3)4)14-16-27(29)28-17-15-25(22-30(28)31)33(5,6)7/h8,23-31H,1,9-22H2,2-7H3. The summed E-state index contributed by atoms with van der Waals surface area (Å²) in [7, 11) is 0. The summed E-state index contributed by atoms with van der Waals surface area (Å²) in [5.41, 5.74) is 1.71. The summed E-state index contributed by atoms with van der Waals surface area (Å²) in [6.45, 7) is 19.3. The lowest BCUT2D eigenvalue weighted by molar-refractivity contribution is -0.0797. The van der Waals surface area contributed by atoms with Crippen LogP contribution in [0.15, 0.2) is 12.7 Å². The van der Waals surface area contributed by atoms with Crippen LogP contribution in [0.4, 0.5) is 0 Å². The highest BCUT2D eigenvalue weighted by Gasteiger charge is 2.63. The van der Waals surface area contributed by atoms with E-state index in [1.807, 2.05) is 0 Å². The monoisotopic (exact) mass is 466 g/mol. The molecule has 0 heteroatoms. The summed E-state index contributed by atoms with van der Waals surface area (Å²) >= 11 is 0. The van der Waals surface area contributed by atoms with Crippen molar-refractivity contribution in [2.75, 3.05) is 0 Å². The molecule has 0 spiro atoms. The van der Waals surface area contributed by atoms with E-state index in [0.717, 1.165) is 58.7 Å². The molecule has 5 aliphatic carbocycles. The Morgan fingerprint density at radius 1 is 0.706 bits per heavy atom. The van der Waals surface area contributed by atoms with Crippen molar-refractivity contribution in [2.45, 2.75) is 131 Å². The van der Waals surface area contributed by atoms with E-state index in [1.165, 1.54) is 38.5 Å². The summed E-state index contributed by atoms with van der Waals surface area (Å²) in [6.07, 6.45) is 23.5. The van der Waals surface area contributed by atoms with Gasteiger partial charge < -0.3 is 0 Å². The van der Waals surface area contributed by atoms with Crippen molar-refractivity contribution < 1.29 is 0 Å². The second-order valence-corrected chi connectivity index (χ2v) is 16.3. The molecule has 0 aromatic heterocycles. The van der Waals surface area contributed by atoms with Crippen LogP contribution in [0.1, 0.15) is 131 Å². The van der Waals surface area contributed by atoms with Gasteiger partial charge in [-0.1, -0.05) is 60.5 Å². The van der Waals surface area contributed by atoms with E-state index in [1.54, 1.807) is 51.4 Å². The molecule has 34 heavy (non-hydrogen) atoms. The summed E-state index contributed by atoms with van der Waals surface area (Å²) in [5, 5.41) is 0. The fourth-order valence-electron chi connectivity index (χ4n) is 10.9. The van der Waals surface area contributed by atoms with Crippen molar-refractivity contribution in [1.29, 1.82) is 0 Å². The zero-order chi connectivity index (χ0) is 24.3. The van der Waals surface area contributed by atoms with Crippen LogP contribution in [0.3, 0.4) is 0 Å². The van der Waals surface area contributed by atoms with Gasteiger partial charge in [-0.2, -0.15) is 0 Å². The van der Waals surface area contributed by atoms with Crippen molar-refractivity contribution >= 4 is 0 Å². The lowest BCUT2D eigenvalue weighted by Crippen LogP contribution is -2.49. The van der Waals surface area contributed by atoms with Crippen LogP contribution < -0.4 is 0 Å². The lowest BCUT2D eigenvalue weighted by Gasteiger charge is -2.57. The van der Waals surface area contributed by atoms with Gasteiger partial charge in [-0.15, -0.1) is 6.58 Å². The van der Waals surface area contributed by atoms with Gasteiger partial charge >= 0.3 is 0 Å². The first-order valence-corrected chi connectivity index (χ1v) is 15.7. The molecule has 8 atom stereocenters. The molecule has 194 valence electrons. The van der Waals surface area contributed by atoms with Gasteiger partial charge in [0.05, 0.1) is 0 Å². The molecule has 5 rings (SSSR count). The highest BCUT2D eigenvalue weighted by Crippen LogP contribution is 2.71. The maximum atomic E-state index is 4.02. The first-order chi connectivity index (χ1) is 16.0. The second-order valence-electron chi connectivity index (χ2n) is 16.3. The Hall–Kier alpha value is -0.260. The molecule has 5 aliphatic rings. The van der Waals surface area contributed by atoms with Gasteiger partial charge in [-0.25, -0.2) is 0 Å². The minimum absolute atomic E-state index is 0.493. The van der Waals surface area contributed by atoms with Gasteiger partial charge in [0, 0.05) is 0 Å². The normalized spacial score (nSPS) is 44.2. The van der Waals surface area contributed by atoms with Crippen LogP contribution in [-0.2, 0) is 0 Å². The Morgan fingerprint density at radius 3 is 1.71 bits per heavy atom. The van der Waals surface area contributed by atoms with Gasteiger partial charge in [0.15, 0.2) is 0 Å². The van der Waals surface area contributed by atoms with Crippen molar-refractivity contribution in [2.24, 2.45) is 69.5 Å². The van der Waals surface area contributed by atoms with E-state index in [9.17, 15) is 0 Å². The van der Waals surface area contributed by atoms with E-state index >= 15 is 0 Å². The fraction of sp³-hybridized carbons (Fsp3) is 0.941. The summed E-state index contributed by atoms with van der Waals surface area (Å²) < 4.78 is 0. The largest absolute Gasteiger partial charge is 0.103 e. The number of allylic oxidation sites excluding steroid dienone is 1. The number of hydrogen-bond acceptors (Lipinski definition) is 0. The van der Waals surface area contributed by atoms with E-state index in [2.05, 4.69) is 54.2 Å². The van der Waals surface area contributed by atoms with Gasteiger partial charge in [0.25, 0.3) is 0 Å². The lowest BCUT2D eigenvalue weighted by atomic mass is 9.48. The smallest absolute Gasteiger partial charge is 0.0235 e. The van der Waals surface area contributed by atoms with E-state index in [0.29, 0.717) is 10.8 Å². The maximum Gasteiger partial charge on any atom is -0.0235 e. The molecule has 0 saturated heterocycles. The molecule has 0 aromatic carbocycles. The Kier molecular flexibility index (Phi) is 6.90. The molecule has 0 bridgehead atoms. The molecule has 5 fully saturated rings. The number of rotatable bonds is 5. The molecule has 0 amide bonds. The van der Waals surface area contributed by atoms with Crippen molar-refractivity contribution in [3.8, 4) is 0 Å². The highest BCUT2D eigenvalue weighted by molar-refractivity contribution is 5.12. The quantitative estimate of drug-likeness (QED) is 0.353. The molecular weight excluding hydrogens is 408 g/mol. The molecular formula is C34H58. The highest BCUT2D eigenvalue weighted by atomic mass is 14.7. The Morgan fingerprint density at radius 2 is 1.26 bits per heavy atom. The van der Waals surface area contributed by atoms with Crippen molar-refractivity contribution in [3.05, 3.63) is 12.7 Å². The third-order valence-corrected chi connectivity index (χ3v) is 12.9. The van der Waals surface area contributed by atoms with Crippen LogP contribution in [0.2, 0.25) is 0 Å². The Bertz CT molecular complexity index is 673. The van der Waals surface area contributed by atoms with E-state index in [4.69, 9.17) is 0 Å². The topological polar surface area (TPSA) is 0 Å². The minimum Gasteiger partial charge on any atom is -0.103 e. The average molecular weight is 467 g/mol. The molecule has 0 aliphatic heterocycles. The van der Waals surface area contributed by atoms with Crippen LogP contribution in [0.5, 0.6) is 0 Å². The van der Waals surface area contributed by atoms with Gasteiger partial charge in [0.1, 0.15) is 0 Å². The van der Waals surface area contributed by atoms with Crippen LogP contribution in [0, 0.1) is 69.5 Å². The summed E-state index contributed by atoms with van der Waals surface area (Å²) in [6, 6.07) is 0. The molecule has 5 saturated carbocycles. The summed E-state index contributed by atoms with van der Waals surface area (Å²) in [4.78, 5) is 0. The van der Waals surface area contributed by atoms with E-state index < -0.39 is 0 Å². The molecule has 0 aromatic rings. The average Bonchev–Trinajstić information content (AvgIpc) is 3.33. The van der Waals surface area contributed by atoms with Crippen molar-refractivity contribution in [3.63, 3.8) is 0 Å². The maximum absolute atomic E-state index is 4.02. The molecule has 0 N–H and O–H groups in total. The van der Waals surface area contributed by atoms with Crippen LogP contribution in [-0.4, -0.2) is 0 Å². The predicted molar refractivity (Wildman–Crippen MR) is 148 cm³/mol. The van der Waals surface area contributed by atoms with Gasteiger partial charge in [-0.3, -0.25) is 0 Å². The first kappa shape index (κ1) is 25.4. The van der Waals surface area contributed by atoms with Gasteiger partial charge in [-0.05, 0) is 147 Å². The molecule has 8 unspecified atom stereocenters. The zero-order valence-corrected chi connectivity index (χ0v) is 23.9.